The maximum absolute atomic E-state index is 13.2. The minimum atomic E-state index is -3.65. The van der Waals surface area contributed by atoms with Gasteiger partial charge in [0.05, 0.1) is 4.90 Å². The van der Waals surface area contributed by atoms with Crippen molar-refractivity contribution >= 4 is 21.6 Å². The Balaban J connectivity index is 1.65. The molecule has 0 spiro atoms. The van der Waals surface area contributed by atoms with Crippen LogP contribution in [-0.2, 0) is 10.0 Å². The average molecular weight is 453 g/mol. The Morgan fingerprint density at radius 1 is 1.12 bits per heavy atom. The first-order valence-corrected chi connectivity index (χ1v) is 11.9. The molecule has 1 aromatic carbocycles. The van der Waals surface area contributed by atoms with Crippen molar-refractivity contribution in [2.45, 2.75) is 38.0 Å². The standard InChI is InChI=1S/C23H24N4O4S/c1-16-8-9-18(14-20(16)32(29,30)27-12-4-3-5-13-27)25-22(28)21-17(2)31-23(19(21)15-24)26-10-6-7-11-26/h6-11,14H,3-5,12-13H2,1-2H3,(H,25,28). The molecule has 9 heteroatoms. The molecule has 1 aliphatic rings. The van der Waals surface area contributed by atoms with Gasteiger partial charge in [0.2, 0.25) is 15.9 Å². The van der Waals surface area contributed by atoms with E-state index in [1.54, 1.807) is 55.1 Å². The van der Waals surface area contributed by atoms with E-state index in [9.17, 15) is 18.5 Å². The summed E-state index contributed by atoms with van der Waals surface area (Å²) in [5.41, 5.74) is 1.19. The van der Waals surface area contributed by atoms with Crippen LogP contribution >= 0.6 is 0 Å². The number of benzene rings is 1. The van der Waals surface area contributed by atoms with Crippen molar-refractivity contribution in [2.75, 3.05) is 18.4 Å². The zero-order valence-electron chi connectivity index (χ0n) is 18.0. The minimum Gasteiger partial charge on any atom is -0.443 e. The van der Waals surface area contributed by atoms with Crippen molar-refractivity contribution in [3.05, 3.63) is 65.2 Å². The third-order valence-corrected chi connectivity index (χ3v) is 7.66. The molecule has 8 nitrogen and oxygen atoms in total. The number of rotatable bonds is 5. The summed E-state index contributed by atoms with van der Waals surface area (Å²) in [4.78, 5) is 13.2. The molecule has 32 heavy (non-hydrogen) atoms. The van der Waals surface area contributed by atoms with Crippen LogP contribution in [0.15, 0.2) is 52.0 Å². The number of aryl methyl sites for hydroxylation is 2. The first-order valence-electron chi connectivity index (χ1n) is 10.4. The number of nitrogens with zero attached hydrogens (tertiary/aromatic N) is 3. The maximum atomic E-state index is 13.2. The number of nitrogens with one attached hydrogen (secondary N) is 1. The van der Waals surface area contributed by atoms with Crippen LogP contribution in [0.5, 0.6) is 0 Å². The number of piperidine rings is 1. The molecule has 166 valence electrons. The second-order valence-corrected chi connectivity index (χ2v) is 9.72. The molecule has 1 aliphatic heterocycles. The van der Waals surface area contributed by atoms with Crippen LogP contribution in [0.25, 0.3) is 5.88 Å². The normalized spacial score (nSPS) is 14.8. The van der Waals surface area contributed by atoms with E-state index in [1.807, 2.05) is 6.07 Å². The van der Waals surface area contributed by atoms with Crippen molar-refractivity contribution in [3.8, 4) is 12.0 Å². The van der Waals surface area contributed by atoms with Crippen molar-refractivity contribution in [2.24, 2.45) is 0 Å². The summed E-state index contributed by atoms with van der Waals surface area (Å²) < 4.78 is 35.1. The smallest absolute Gasteiger partial charge is 0.260 e. The molecule has 0 bridgehead atoms. The second kappa shape index (κ2) is 8.65. The van der Waals surface area contributed by atoms with Gasteiger partial charge in [0.25, 0.3) is 5.91 Å². The highest BCUT2D eigenvalue weighted by Gasteiger charge is 2.29. The Labute approximate surface area is 187 Å². The van der Waals surface area contributed by atoms with Crippen molar-refractivity contribution < 1.29 is 17.6 Å². The topological polar surface area (TPSA) is 108 Å². The molecular formula is C23H24N4O4S. The summed E-state index contributed by atoms with van der Waals surface area (Å²) in [6.07, 6.45) is 6.15. The molecule has 4 rings (SSSR count). The molecule has 3 aromatic rings. The van der Waals surface area contributed by atoms with E-state index >= 15 is 0 Å². The molecular weight excluding hydrogens is 428 g/mol. The third-order valence-electron chi connectivity index (χ3n) is 5.62. The zero-order valence-corrected chi connectivity index (χ0v) is 18.8. The second-order valence-electron chi connectivity index (χ2n) is 7.81. The van der Waals surface area contributed by atoms with E-state index < -0.39 is 15.9 Å². The van der Waals surface area contributed by atoms with E-state index in [1.165, 1.54) is 10.4 Å². The zero-order chi connectivity index (χ0) is 22.9. The van der Waals surface area contributed by atoms with Crippen LogP contribution in [0.4, 0.5) is 5.69 Å². The Kier molecular flexibility index (Phi) is 5.91. The lowest BCUT2D eigenvalue weighted by Gasteiger charge is -2.26. The number of hydrogen-bond donors (Lipinski definition) is 1. The van der Waals surface area contributed by atoms with E-state index in [-0.39, 0.29) is 21.9 Å². The number of hydrogen-bond acceptors (Lipinski definition) is 5. The molecule has 2 aromatic heterocycles. The molecule has 0 unspecified atom stereocenters. The lowest BCUT2D eigenvalue weighted by atomic mass is 10.1. The van der Waals surface area contributed by atoms with Gasteiger partial charge >= 0.3 is 0 Å². The first kappa shape index (κ1) is 21.9. The Bertz CT molecular complexity index is 1290. The number of carbonyl (C=O) groups is 1. The molecule has 1 saturated heterocycles. The number of nitriles is 1. The highest BCUT2D eigenvalue weighted by Crippen LogP contribution is 2.29. The van der Waals surface area contributed by atoms with E-state index in [4.69, 9.17) is 4.42 Å². The SMILES string of the molecule is Cc1ccc(NC(=O)c2c(C)oc(-n3cccc3)c2C#N)cc1S(=O)(=O)N1CCCCC1. The van der Waals surface area contributed by atoms with Gasteiger partial charge < -0.3 is 9.73 Å². The number of furan rings is 1. The first-order chi connectivity index (χ1) is 15.3. The number of carbonyl (C=O) groups excluding carboxylic acids is 1. The van der Waals surface area contributed by atoms with Crippen molar-refractivity contribution in [1.29, 1.82) is 5.26 Å². The fourth-order valence-electron chi connectivity index (χ4n) is 3.95. The molecule has 1 fully saturated rings. The largest absolute Gasteiger partial charge is 0.443 e. The van der Waals surface area contributed by atoms with Gasteiger partial charge in [0.15, 0.2) is 0 Å². The quantitative estimate of drug-likeness (QED) is 0.630. The van der Waals surface area contributed by atoms with Crippen LogP contribution < -0.4 is 5.32 Å². The average Bonchev–Trinajstić information content (AvgIpc) is 3.43. The lowest BCUT2D eigenvalue weighted by molar-refractivity contribution is 0.102. The summed E-state index contributed by atoms with van der Waals surface area (Å²) in [5, 5.41) is 12.4. The minimum absolute atomic E-state index is 0.115. The summed E-state index contributed by atoms with van der Waals surface area (Å²) in [5.74, 6) is 0.0276. The van der Waals surface area contributed by atoms with Crippen LogP contribution in [-0.4, -0.2) is 36.3 Å². The van der Waals surface area contributed by atoms with Gasteiger partial charge in [-0.3, -0.25) is 9.36 Å². The highest BCUT2D eigenvalue weighted by atomic mass is 32.2. The number of amides is 1. The molecule has 3 heterocycles. The molecule has 1 amide bonds. The fourth-order valence-corrected chi connectivity index (χ4v) is 5.72. The molecule has 0 aliphatic carbocycles. The van der Waals surface area contributed by atoms with Crippen LogP contribution in [0.3, 0.4) is 0 Å². The molecule has 0 saturated carbocycles. The predicted molar refractivity (Wildman–Crippen MR) is 119 cm³/mol. The van der Waals surface area contributed by atoms with Gasteiger partial charge in [-0.05, 0) is 56.5 Å². The van der Waals surface area contributed by atoms with Crippen molar-refractivity contribution in [3.63, 3.8) is 0 Å². The van der Waals surface area contributed by atoms with Crippen molar-refractivity contribution in [1.82, 2.24) is 8.87 Å². The summed E-state index contributed by atoms with van der Waals surface area (Å²) in [7, 11) is -3.65. The van der Waals surface area contributed by atoms with Gasteiger partial charge in [0, 0.05) is 31.2 Å². The number of aromatic nitrogens is 1. The monoisotopic (exact) mass is 452 g/mol. The van der Waals surface area contributed by atoms with Gasteiger partial charge in [-0.1, -0.05) is 12.5 Å². The Morgan fingerprint density at radius 2 is 1.81 bits per heavy atom. The Hall–Kier alpha value is -3.35. The maximum Gasteiger partial charge on any atom is 0.260 e. The van der Waals surface area contributed by atoms with Crippen LogP contribution in [0, 0.1) is 25.2 Å². The molecule has 1 N–H and O–H groups in total. The van der Waals surface area contributed by atoms with Gasteiger partial charge in [0.1, 0.15) is 23.0 Å². The van der Waals surface area contributed by atoms with E-state index in [0.717, 1.165) is 19.3 Å². The number of anilines is 1. The van der Waals surface area contributed by atoms with Crippen LogP contribution in [0.1, 0.15) is 46.5 Å². The summed E-state index contributed by atoms with van der Waals surface area (Å²) in [6.45, 7) is 4.35. The van der Waals surface area contributed by atoms with Gasteiger partial charge in [-0.25, -0.2) is 8.42 Å². The Morgan fingerprint density at radius 3 is 2.47 bits per heavy atom. The number of sulfonamides is 1. The summed E-state index contributed by atoms with van der Waals surface area (Å²) >= 11 is 0. The third kappa shape index (κ3) is 3.95. The molecule has 0 radical (unpaired) electrons. The van der Waals surface area contributed by atoms with E-state index in [0.29, 0.717) is 30.1 Å². The lowest BCUT2D eigenvalue weighted by Crippen LogP contribution is -2.36. The summed E-state index contributed by atoms with van der Waals surface area (Å²) in [6, 6.07) is 10.4. The van der Waals surface area contributed by atoms with Gasteiger partial charge in [-0.2, -0.15) is 9.57 Å². The fraction of sp³-hybridized carbons (Fsp3) is 0.304. The molecule has 0 atom stereocenters. The van der Waals surface area contributed by atoms with Gasteiger partial charge in [-0.15, -0.1) is 0 Å². The highest BCUT2D eigenvalue weighted by molar-refractivity contribution is 7.89. The predicted octanol–water partition coefficient (Wildman–Crippen LogP) is 3.99. The van der Waals surface area contributed by atoms with Crippen LogP contribution in [0.2, 0.25) is 0 Å². The van der Waals surface area contributed by atoms with E-state index in [2.05, 4.69) is 5.32 Å².